The lowest BCUT2D eigenvalue weighted by molar-refractivity contribution is 0.0716. The summed E-state index contributed by atoms with van der Waals surface area (Å²) in [5, 5.41) is 19.6. The number of fused-ring (bicyclic) bond motifs is 2. The van der Waals surface area contributed by atoms with Gasteiger partial charge < -0.3 is 19.7 Å². The minimum Gasteiger partial charge on any atom is -0.396 e. The lowest BCUT2D eigenvalue weighted by Crippen LogP contribution is -2.22. The van der Waals surface area contributed by atoms with Crippen LogP contribution in [0.5, 0.6) is 0 Å². The van der Waals surface area contributed by atoms with Gasteiger partial charge in [-0.25, -0.2) is 15.0 Å². The molecule has 0 saturated heterocycles. The molecule has 2 N–H and O–H groups in total. The predicted molar refractivity (Wildman–Crippen MR) is 76.9 cm³/mol. The second kappa shape index (κ2) is 4.14. The first kappa shape index (κ1) is 13.0. The molecule has 2 fully saturated rings. The van der Waals surface area contributed by atoms with Crippen LogP contribution in [0.1, 0.15) is 12.8 Å². The fourth-order valence-corrected chi connectivity index (χ4v) is 3.99. The molecule has 2 saturated carbocycles. The van der Waals surface area contributed by atoms with E-state index in [9.17, 15) is 10.2 Å². The van der Waals surface area contributed by atoms with Gasteiger partial charge in [0, 0.05) is 26.6 Å². The normalized spacial score (nSPS) is 34.2. The Morgan fingerprint density at radius 3 is 2.81 bits per heavy atom. The Morgan fingerprint density at radius 1 is 1.33 bits per heavy atom. The topological polar surface area (TPSA) is 87.3 Å². The quantitative estimate of drug-likeness (QED) is 0.826. The van der Waals surface area contributed by atoms with Crippen molar-refractivity contribution in [2.75, 3.05) is 25.6 Å². The lowest BCUT2D eigenvalue weighted by atomic mass is 10.0. The Kier molecular flexibility index (Phi) is 2.56. The molecule has 2 heterocycles. The van der Waals surface area contributed by atoms with Gasteiger partial charge in [0.2, 0.25) is 0 Å². The van der Waals surface area contributed by atoms with E-state index in [0.717, 1.165) is 23.4 Å². The third-order valence-corrected chi connectivity index (χ3v) is 5.11. The van der Waals surface area contributed by atoms with Crippen LogP contribution in [0.15, 0.2) is 12.7 Å². The zero-order valence-electron chi connectivity index (χ0n) is 12.1. The summed E-state index contributed by atoms with van der Waals surface area (Å²) in [6, 6.07) is 0. The van der Waals surface area contributed by atoms with E-state index in [4.69, 9.17) is 0 Å². The fourth-order valence-electron chi connectivity index (χ4n) is 3.99. The van der Waals surface area contributed by atoms with Crippen LogP contribution >= 0.6 is 0 Å². The van der Waals surface area contributed by atoms with Crippen LogP contribution in [-0.4, -0.2) is 56.5 Å². The maximum Gasteiger partial charge on any atom is 0.165 e. The smallest absolute Gasteiger partial charge is 0.165 e. The molecule has 0 unspecified atom stereocenters. The molecule has 2 aliphatic rings. The van der Waals surface area contributed by atoms with Crippen LogP contribution in [0.25, 0.3) is 11.2 Å². The van der Waals surface area contributed by atoms with E-state index in [2.05, 4.69) is 19.5 Å². The van der Waals surface area contributed by atoms with E-state index in [1.807, 2.05) is 19.0 Å². The SMILES string of the molecule is CN(C)c1ncnc2c1ncn2[C@@]12C[C@H](O)[C@@H](CO)[C@@H]1C2. The Labute approximate surface area is 122 Å². The van der Waals surface area contributed by atoms with Gasteiger partial charge in [-0.1, -0.05) is 0 Å². The second-order valence-corrected chi connectivity index (χ2v) is 6.41. The average molecular weight is 289 g/mol. The van der Waals surface area contributed by atoms with Crippen LogP contribution in [-0.2, 0) is 5.54 Å². The van der Waals surface area contributed by atoms with E-state index < -0.39 is 6.10 Å². The average Bonchev–Trinajstić information content (AvgIpc) is 2.88. The number of rotatable bonds is 3. The van der Waals surface area contributed by atoms with Crippen molar-refractivity contribution < 1.29 is 10.2 Å². The first-order valence-corrected chi connectivity index (χ1v) is 7.23. The molecule has 0 radical (unpaired) electrons. The number of hydrogen-bond acceptors (Lipinski definition) is 6. The summed E-state index contributed by atoms with van der Waals surface area (Å²) in [5.41, 5.74) is 1.46. The minimum absolute atomic E-state index is 0.0300. The van der Waals surface area contributed by atoms with Gasteiger partial charge in [-0.15, -0.1) is 0 Å². The van der Waals surface area contributed by atoms with Gasteiger partial charge in [0.15, 0.2) is 17.0 Å². The maximum atomic E-state index is 10.1. The van der Waals surface area contributed by atoms with Crippen LogP contribution in [0.3, 0.4) is 0 Å². The summed E-state index contributed by atoms with van der Waals surface area (Å²) >= 11 is 0. The molecular weight excluding hydrogens is 270 g/mol. The van der Waals surface area contributed by atoms with Crippen LogP contribution in [0.2, 0.25) is 0 Å². The lowest BCUT2D eigenvalue weighted by Gasteiger charge is -2.17. The Hall–Kier alpha value is -1.73. The summed E-state index contributed by atoms with van der Waals surface area (Å²) in [6.45, 7) is 0.0398. The molecule has 7 nitrogen and oxygen atoms in total. The van der Waals surface area contributed by atoms with Crippen LogP contribution in [0.4, 0.5) is 5.82 Å². The highest BCUT2D eigenvalue weighted by Crippen LogP contribution is 2.64. The number of aliphatic hydroxyl groups excluding tert-OH is 2. The summed E-state index contributed by atoms with van der Waals surface area (Å²) < 4.78 is 2.08. The standard InChI is InChI=1S/C14H19N5O2/c1-18(2)12-11-13(16-6-15-12)19(7-17-11)14-3-9(14)8(5-20)10(21)4-14/h6-10,20-21H,3-5H2,1-2H3/t8-,9-,10-,14-/m0/s1. The van der Waals surface area contributed by atoms with Crippen LogP contribution < -0.4 is 4.90 Å². The van der Waals surface area contributed by atoms with Crippen molar-refractivity contribution >= 4 is 17.0 Å². The number of aliphatic hydroxyl groups is 2. The van der Waals surface area contributed by atoms with Crippen molar-refractivity contribution in [3.8, 4) is 0 Å². The van der Waals surface area contributed by atoms with E-state index in [0.29, 0.717) is 12.3 Å². The zero-order chi connectivity index (χ0) is 14.8. The van der Waals surface area contributed by atoms with Gasteiger partial charge in [-0.05, 0) is 18.8 Å². The molecule has 0 amide bonds. The molecule has 0 spiro atoms. The molecule has 4 rings (SSSR count). The molecule has 2 aromatic heterocycles. The third kappa shape index (κ3) is 1.58. The highest BCUT2D eigenvalue weighted by molar-refractivity contribution is 5.83. The molecular formula is C14H19N5O2. The van der Waals surface area contributed by atoms with Gasteiger partial charge in [0.05, 0.1) is 18.0 Å². The maximum absolute atomic E-state index is 10.1. The van der Waals surface area contributed by atoms with E-state index >= 15 is 0 Å². The monoisotopic (exact) mass is 289 g/mol. The molecule has 112 valence electrons. The van der Waals surface area contributed by atoms with Gasteiger partial charge >= 0.3 is 0 Å². The molecule has 4 atom stereocenters. The summed E-state index contributed by atoms with van der Waals surface area (Å²) in [6.07, 6.45) is 4.55. The third-order valence-electron chi connectivity index (χ3n) is 5.11. The number of nitrogens with zero attached hydrogens (tertiary/aromatic N) is 5. The number of imidazole rings is 1. The molecule has 0 aromatic carbocycles. The molecule has 0 bridgehead atoms. The summed E-state index contributed by atoms with van der Waals surface area (Å²) in [7, 11) is 3.86. The van der Waals surface area contributed by atoms with E-state index in [-0.39, 0.29) is 18.1 Å². The number of aromatic nitrogens is 4. The summed E-state index contributed by atoms with van der Waals surface area (Å²) in [5.74, 6) is 1.08. The van der Waals surface area contributed by atoms with Crippen molar-refractivity contribution in [2.45, 2.75) is 24.5 Å². The van der Waals surface area contributed by atoms with Crippen molar-refractivity contribution in [1.82, 2.24) is 19.5 Å². The van der Waals surface area contributed by atoms with E-state index in [1.54, 1.807) is 12.7 Å². The van der Waals surface area contributed by atoms with Gasteiger partial charge in [0.25, 0.3) is 0 Å². The first-order chi connectivity index (χ1) is 10.1. The van der Waals surface area contributed by atoms with E-state index in [1.165, 1.54) is 0 Å². The highest BCUT2D eigenvalue weighted by Gasteiger charge is 2.66. The molecule has 21 heavy (non-hydrogen) atoms. The minimum atomic E-state index is -0.443. The number of anilines is 1. The molecule has 7 heteroatoms. The fraction of sp³-hybridized carbons (Fsp3) is 0.643. The van der Waals surface area contributed by atoms with Crippen molar-refractivity contribution in [2.24, 2.45) is 11.8 Å². The molecule has 0 aliphatic heterocycles. The van der Waals surface area contributed by atoms with Crippen molar-refractivity contribution in [1.29, 1.82) is 0 Å². The van der Waals surface area contributed by atoms with Gasteiger partial charge in [-0.2, -0.15) is 0 Å². The molecule has 2 aromatic rings. The largest absolute Gasteiger partial charge is 0.396 e. The first-order valence-electron chi connectivity index (χ1n) is 7.23. The highest BCUT2D eigenvalue weighted by atomic mass is 16.3. The molecule has 2 aliphatic carbocycles. The van der Waals surface area contributed by atoms with Crippen molar-refractivity contribution in [3.63, 3.8) is 0 Å². The summed E-state index contributed by atoms with van der Waals surface area (Å²) in [4.78, 5) is 15.1. The Bertz CT molecular complexity index is 700. The van der Waals surface area contributed by atoms with Gasteiger partial charge in [0.1, 0.15) is 6.33 Å². The zero-order valence-corrected chi connectivity index (χ0v) is 12.1. The Balaban J connectivity index is 1.82. The number of hydrogen-bond donors (Lipinski definition) is 2. The second-order valence-electron chi connectivity index (χ2n) is 6.41. The Morgan fingerprint density at radius 2 is 2.14 bits per heavy atom. The predicted octanol–water partition coefficient (Wildman–Crippen LogP) is -0.0194. The van der Waals surface area contributed by atoms with Crippen LogP contribution in [0, 0.1) is 11.8 Å². The van der Waals surface area contributed by atoms with Crippen molar-refractivity contribution in [3.05, 3.63) is 12.7 Å². The van der Waals surface area contributed by atoms with Gasteiger partial charge in [-0.3, -0.25) is 0 Å².